The van der Waals surface area contributed by atoms with Crippen molar-refractivity contribution in [1.29, 1.82) is 0 Å². The van der Waals surface area contributed by atoms with Crippen LogP contribution in [0.2, 0.25) is 0 Å². The Balaban J connectivity index is 2.38. The Kier molecular flexibility index (Phi) is 5.00. The molecule has 0 amide bonds. The lowest BCUT2D eigenvalue weighted by atomic mass is 9.97. The topological polar surface area (TPSA) is 29.9 Å². The zero-order chi connectivity index (χ0) is 14.7. The third kappa shape index (κ3) is 3.13. The van der Waals surface area contributed by atoms with Gasteiger partial charge in [0.25, 0.3) is 0 Å². The van der Waals surface area contributed by atoms with Crippen molar-refractivity contribution in [3.05, 3.63) is 51.8 Å². The summed E-state index contributed by atoms with van der Waals surface area (Å²) in [6.45, 7) is 7.47. The molecule has 1 aromatic carbocycles. The summed E-state index contributed by atoms with van der Waals surface area (Å²) in [4.78, 5) is 0. The summed E-state index contributed by atoms with van der Waals surface area (Å²) in [6.07, 6.45) is 1.85. The second-order valence-corrected chi connectivity index (χ2v) is 6.17. The molecule has 0 aliphatic rings. The molecule has 1 atom stereocenters. The predicted molar refractivity (Wildman–Crippen MR) is 87.0 cm³/mol. The van der Waals surface area contributed by atoms with Crippen molar-refractivity contribution in [3.8, 4) is 0 Å². The molecule has 0 saturated heterocycles. The van der Waals surface area contributed by atoms with Crippen LogP contribution >= 0.6 is 15.9 Å². The van der Waals surface area contributed by atoms with Crippen molar-refractivity contribution in [1.82, 2.24) is 15.1 Å². The number of nitrogens with zero attached hydrogens (tertiary/aromatic N) is 2. The zero-order valence-corrected chi connectivity index (χ0v) is 14.1. The van der Waals surface area contributed by atoms with E-state index >= 15 is 0 Å². The van der Waals surface area contributed by atoms with Crippen LogP contribution in [0, 0.1) is 0 Å². The summed E-state index contributed by atoms with van der Waals surface area (Å²) < 4.78 is 2.97. The van der Waals surface area contributed by atoms with E-state index in [4.69, 9.17) is 0 Å². The number of hydrogen-bond donors (Lipinski definition) is 1. The first-order valence-corrected chi connectivity index (χ1v) is 7.84. The second-order valence-electron chi connectivity index (χ2n) is 5.31. The molecular formula is C16H22BrN3. The molecule has 2 rings (SSSR count). The average Bonchev–Trinajstić information content (AvgIpc) is 2.76. The average molecular weight is 336 g/mol. The smallest absolute Gasteiger partial charge is 0.0759 e. The van der Waals surface area contributed by atoms with E-state index < -0.39 is 0 Å². The van der Waals surface area contributed by atoms with E-state index in [-0.39, 0.29) is 6.04 Å². The van der Waals surface area contributed by atoms with Gasteiger partial charge in [0.15, 0.2) is 0 Å². The van der Waals surface area contributed by atoms with Gasteiger partial charge in [0.05, 0.1) is 22.4 Å². The van der Waals surface area contributed by atoms with Crippen LogP contribution in [-0.4, -0.2) is 16.3 Å². The third-order valence-corrected chi connectivity index (χ3v) is 4.17. The van der Waals surface area contributed by atoms with Crippen LogP contribution in [0.15, 0.2) is 34.9 Å². The summed E-state index contributed by atoms with van der Waals surface area (Å²) in [5.74, 6) is 0.560. The Morgan fingerprint density at radius 3 is 2.25 bits per heavy atom. The number of benzene rings is 1. The highest BCUT2D eigenvalue weighted by Gasteiger charge is 2.19. The van der Waals surface area contributed by atoms with Crippen LogP contribution in [0.25, 0.3) is 0 Å². The minimum atomic E-state index is 0.156. The van der Waals surface area contributed by atoms with E-state index in [1.165, 1.54) is 11.1 Å². The summed E-state index contributed by atoms with van der Waals surface area (Å²) in [5.41, 5.74) is 3.79. The van der Waals surface area contributed by atoms with Crippen molar-refractivity contribution in [2.45, 2.75) is 32.7 Å². The van der Waals surface area contributed by atoms with Crippen LogP contribution in [0.3, 0.4) is 0 Å². The van der Waals surface area contributed by atoms with Gasteiger partial charge in [-0.15, -0.1) is 0 Å². The van der Waals surface area contributed by atoms with Crippen molar-refractivity contribution >= 4 is 15.9 Å². The lowest BCUT2D eigenvalue weighted by molar-refractivity contribution is 0.570. The van der Waals surface area contributed by atoms with Crippen molar-refractivity contribution < 1.29 is 0 Å². The highest BCUT2D eigenvalue weighted by atomic mass is 79.9. The largest absolute Gasteiger partial charge is 0.305 e. The summed E-state index contributed by atoms with van der Waals surface area (Å²) in [7, 11) is 1.98. The number of aryl methyl sites for hydroxylation is 1. The minimum absolute atomic E-state index is 0.156. The van der Waals surface area contributed by atoms with E-state index in [1.807, 2.05) is 17.9 Å². The van der Waals surface area contributed by atoms with Crippen LogP contribution < -0.4 is 5.32 Å². The van der Waals surface area contributed by atoms with E-state index in [2.05, 4.69) is 71.4 Å². The molecule has 4 heteroatoms. The van der Waals surface area contributed by atoms with Crippen molar-refractivity contribution in [2.24, 2.45) is 7.05 Å². The lowest BCUT2D eigenvalue weighted by Gasteiger charge is -2.20. The fraction of sp³-hybridized carbons (Fsp3) is 0.438. The third-order valence-electron chi connectivity index (χ3n) is 3.56. The van der Waals surface area contributed by atoms with Gasteiger partial charge in [-0.2, -0.15) is 5.10 Å². The summed E-state index contributed by atoms with van der Waals surface area (Å²) in [5, 5.41) is 7.86. The summed E-state index contributed by atoms with van der Waals surface area (Å²) >= 11 is 3.60. The van der Waals surface area contributed by atoms with E-state index in [9.17, 15) is 0 Å². The summed E-state index contributed by atoms with van der Waals surface area (Å²) in [6, 6.07) is 9.01. The predicted octanol–water partition coefficient (Wildman–Crippen LogP) is 4.00. The van der Waals surface area contributed by atoms with Gasteiger partial charge in [-0.05, 0) is 39.5 Å². The highest BCUT2D eigenvalue weighted by Crippen LogP contribution is 2.29. The SMILES string of the molecule is CCNC(c1ccc(C(C)C)cc1)c1c(Br)cnn1C. The normalized spacial score (nSPS) is 12.9. The molecule has 0 aliphatic carbocycles. The second kappa shape index (κ2) is 6.55. The fourth-order valence-corrected chi connectivity index (χ4v) is 2.97. The highest BCUT2D eigenvalue weighted by molar-refractivity contribution is 9.10. The molecular weight excluding hydrogens is 314 g/mol. The Morgan fingerprint density at radius 2 is 1.80 bits per heavy atom. The molecule has 1 aromatic heterocycles. The molecule has 0 radical (unpaired) electrons. The minimum Gasteiger partial charge on any atom is -0.305 e. The molecule has 3 nitrogen and oxygen atoms in total. The van der Waals surface area contributed by atoms with E-state index in [0.717, 1.165) is 16.7 Å². The molecule has 2 aromatic rings. The number of nitrogens with one attached hydrogen (secondary N) is 1. The fourth-order valence-electron chi connectivity index (χ4n) is 2.39. The van der Waals surface area contributed by atoms with Crippen molar-refractivity contribution in [2.75, 3.05) is 6.54 Å². The first-order chi connectivity index (χ1) is 9.54. The van der Waals surface area contributed by atoms with Gasteiger partial charge in [0, 0.05) is 7.05 Å². The molecule has 0 bridgehead atoms. The van der Waals surface area contributed by atoms with Gasteiger partial charge in [-0.25, -0.2) is 0 Å². The Morgan fingerprint density at radius 1 is 1.20 bits per heavy atom. The monoisotopic (exact) mass is 335 g/mol. The molecule has 0 fully saturated rings. The Bertz CT molecular complexity index is 538. The van der Waals surface area contributed by atoms with Crippen LogP contribution in [0.5, 0.6) is 0 Å². The van der Waals surface area contributed by atoms with Gasteiger partial charge < -0.3 is 5.32 Å². The zero-order valence-electron chi connectivity index (χ0n) is 12.5. The maximum absolute atomic E-state index is 4.32. The molecule has 20 heavy (non-hydrogen) atoms. The van der Waals surface area contributed by atoms with Gasteiger partial charge in [0.2, 0.25) is 0 Å². The van der Waals surface area contributed by atoms with Crippen molar-refractivity contribution in [3.63, 3.8) is 0 Å². The Hall–Kier alpha value is -1.13. The number of halogens is 1. The van der Waals surface area contributed by atoms with Crippen LogP contribution in [0.1, 0.15) is 49.6 Å². The first kappa shape index (κ1) is 15.3. The first-order valence-electron chi connectivity index (χ1n) is 7.05. The Labute approximate surface area is 129 Å². The number of aromatic nitrogens is 2. The number of rotatable bonds is 5. The van der Waals surface area contributed by atoms with E-state index in [1.54, 1.807) is 0 Å². The van der Waals surface area contributed by atoms with E-state index in [0.29, 0.717) is 5.92 Å². The van der Waals surface area contributed by atoms with Gasteiger partial charge in [-0.1, -0.05) is 45.0 Å². The molecule has 0 spiro atoms. The molecule has 0 saturated carbocycles. The molecule has 1 unspecified atom stereocenters. The molecule has 108 valence electrons. The molecule has 1 N–H and O–H groups in total. The maximum atomic E-state index is 4.32. The standard InChI is InChI=1S/C16H22BrN3/c1-5-18-15(16-14(17)10-19-20(16)4)13-8-6-12(7-9-13)11(2)3/h6-11,15,18H,5H2,1-4H3. The van der Waals surface area contributed by atoms with Gasteiger partial charge >= 0.3 is 0 Å². The van der Waals surface area contributed by atoms with Crippen LogP contribution in [-0.2, 0) is 7.05 Å². The maximum Gasteiger partial charge on any atom is 0.0759 e. The van der Waals surface area contributed by atoms with Gasteiger partial charge in [-0.3, -0.25) is 4.68 Å². The quantitative estimate of drug-likeness (QED) is 0.894. The number of hydrogen-bond acceptors (Lipinski definition) is 2. The van der Waals surface area contributed by atoms with Crippen LogP contribution in [0.4, 0.5) is 0 Å². The lowest BCUT2D eigenvalue weighted by Crippen LogP contribution is -2.24. The molecule has 0 aliphatic heterocycles. The molecule has 1 heterocycles. The van der Waals surface area contributed by atoms with Gasteiger partial charge in [0.1, 0.15) is 0 Å².